The van der Waals surface area contributed by atoms with E-state index in [9.17, 15) is 0 Å². The summed E-state index contributed by atoms with van der Waals surface area (Å²) in [7, 11) is 0. The molecule has 0 saturated heterocycles. The van der Waals surface area contributed by atoms with E-state index in [1.165, 1.54) is 0 Å². The lowest BCUT2D eigenvalue weighted by molar-refractivity contribution is -0.0194. The fraction of sp³-hybridized carbons (Fsp3) is 0.136. The van der Waals surface area contributed by atoms with Crippen molar-refractivity contribution >= 4 is 44.8 Å². The Bertz CT molecular complexity index is 1090. The fourth-order valence-electron chi connectivity index (χ4n) is 3.80. The van der Waals surface area contributed by atoms with Gasteiger partial charge < -0.3 is 4.74 Å². The number of rotatable bonds is 2. The summed E-state index contributed by atoms with van der Waals surface area (Å²) in [5, 5.41) is 8.10. The second kappa shape index (κ2) is 7.11. The summed E-state index contributed by atoms with van der Waals surface area (Å²) < 4.78 is 7.35. The molecule has 5 rings (SSSR count). The molecule has 0 saturated carbocycles. The van der Waals surface area contributed by atoms with Gasteiger partial charge in [-0.15, -0.1) is 0 Å². The van der Waals surface area contributed by atoms with Crippen molar-refractivity contribution < 1.29 is 4.74 Å². The first-order chi connectivity index (χ1) is 13.6. The second-order valence-corrected chi connectivity index (χ2v) is 8.51. The first-order valence-corrected chi connectivity index (χ1v) is 10.5. The third-order valence-corrected chi connectivity index (χ3v) is 6.31. The molecule has 0 aromatic heterocycles. The summed E-state index contributed by atoms with van der Waals surface area (Å²) in [4.78, 5) is 0. The molecule has 3 aromatic carbocycles. The quantitative estimate of drug-likeness (QED) is 0.400. The molecule has 0 radical (unpaired) electrons. The van der Waals surface area contributed by atoms with Gasteiger partial charge in [0.15, 0.2) is 0 Å². The molecule has 140 valence electrons. The first kappa shape index (κ1) is 18.0. The Labute approximate surface area is 181 Å². The van der Waals surface area contributed by atoms with Gasteiger partial charge in [-0.2, -0.15) is 5.10 Å². The zero-order valence-corrected chi connectivity index (χ0v) is 17.7. The standard InChI is InChI=1S/C22H15BrCl2N2O/c23-17-9-5-4-8-15(17)22-27-20(12-19(26-27)13-6-2-1-3-7-13)16-10-14(24)11-18(25)21(16)28-22/h1-11,20,22H,12H2/t20-,22-/m0/s1. The van der Waals surface area contributed by atoms with E-state index in [2.05, 4.69) is 28.1 Å². The molecule has 0 amide bonds. The number of halogens is 3. The summed E-state index contributed by atoms with van der Waals surface area (Å²) in [6.45, 7) is 0. The van der Waals surface area contributed by atoms with Crippen LogP contribution < -0.4 is 4.74 Å². The summed E-state index contributed by atoms with van der Waals surface area (Å²) in [5.74, 6) is 0.678. The molecule has 0 unspecified atom stereocenters. The van der Waals surface area contributed by atoms with E-state index in [1.54, 1.807) is 6.07 Å². The molecule has 0 N–H and O–H groups in total. The van der Waals surface area contributed by atoms with Gasteiger partial charge in [-0.05, 0) is 23.8 Å². The van der Waals surface area contributed by atoms with Gasteiger partial charge in [-0.3, -0.25) is 0 Å². The van der Waals surface area contributed by atoms with E-state index in [0.29, 0.717) is 15.8 Å². The van der Waals surface area contributed by atoms with E-state index in [4.69, 9.17) is 33.0 Å². The number of nitrogens with zero attached hydrogens (tertiary/aromatic N) is 2. The van der Waals surface area contributed by atoms with Crippen molar-refractivity contribution in [1.29, 1.82) is 0 Å². The van der Waals surface area contributed by atoms with Crippen molar-refractivity contribution in [2.45, 2.75) is 18.7 Å². The summed E-state index contributed by atoms with van der Waals surface area (Å²) in [6, 6.07) is 21.9. The highest BCUT2D eigenvalue weighted by Gasteiger charge is 2.42. The van der Waals surface area contributed by atoms with Crippen LogP contribution in [0.3, 0.4) is 0 Å². The molecular formula is C22H15BrCl2N2O. The van der Waals surface area contributed by atoms with Gasteiger partial charge in [0.1, 0.15) is 5.75 Å². The number of fused-ring (bicyclic) bond motifs is 3. The maximum Gasteiger partial charge on any atom is 0.215 e. The minimum atomic E-state index is -0.382. The molecule has 2 aliphatic heterocycles. The summed E-state index contributed by atoms with van der Waals surface area (Å²) in [5.41, 5.74) is 4.10. The van der Waals surface area contributed by atoms with Crippen molar-refractivity contribution in [3.63, 3.8) is 0 Å². The average Bonchev–Trinajstić information content (AvgIpc) is 3.15. The molecule has 2 atom stereocenters. The van der Waals surface area contributed by atoms with Gasteiger partial charge in [-0.1, -0.05) is 87.7 Å². The maximum absolute atomic E-state index is 6.51. The molecule has 28 heavy (non-hydrogen) atoms. The predicted molar refractivity (Wildman–Crippen MR) is 116 cm³/mol. The van der Waals surface area contributed by atoms with Crippen LogP contribution in [0.15, 0.2) is 76.3 Å². The van der Waals surface area contributed by atoms with Crippen LogP contribution in [0.25, 0.3) is 0 Å². The lowest BCUT2D eigenvalue weighted by atomic mass is 9.96. The molecule has 2 heterocycles. The van der Waals surface area contributed by atoms with E-state index in [1.807, 2.05) is 53.5 Å². The Kier molecular flexibility index (Phi) is 4.58. The van der Waals surface area contributed by atoms with Crippen LogP contribution in [0.4, 0.5) is 0 Å². The Morgan fingerprint density at radius 3 is 2.50 bits per heavy atom. The topological polar surface area (TPSA) is 24.8 Å². The van der Waals surface area contributed by atoms with Gasteiger partial charge in [0.25, 0.3) is 0 Å². The third-order valence-electron chi connectivity index (χ3n) is 5.09. The first-order valence-electron chi connectivity index (χ1n) is 8.93. The van der Waals surface area contributed by atoms with Gasteiger partial charge in [0.05, 0.1) is 16.8 Å². The number of hydrazone groups is 1. The molecule has 3 nitrogen and oxygen atoms in total. The summed E-state index contributed by atoms with van der Waals surface area (Å²) >= 11 is 16.5. The highest BCUT2D eigenvalue weighted by molar-refractivity contribution is 9.10. The van der Waals surface area contributed by atoms with E-state index in [-0.39, 0.29) is 12.3 Å². The van der Waals surface area contributed by atoms with Crippen molar-refractivity contribution in [2.24, 2.45) is 5.10 Å². The predicted octanol–water partition coefficient (Wildman–Crippen LogP) is 7.00. The van der Waals surface area contributed by atoms with Crippen LogP contribution in [0.1, 0.15) is 35.4 Å². The minimum absolute atomic E-state index is 0.00672. The molecule has 6 heteroatoms. The monoisotopic (exact) mass is 472 g/mol. The van der Waals surface area contributed by atoms with Crippen molar-refractivity contribution in [1.82, 2.24) is 5.01 Å². The molecule has 0 aliphatic carbocycles. The highest BCUT2D eigenvalue weighted by atomic mass is 79.9. The van der Waals surface area contributed by atoms with Crippen LogP contribution in [-0.2, 0) is 0 Å². The highest BCUT2D eigenvalue weighted by Crippen LogP contribution is 2.51. The molecule has 2 aliphatic rings. The molecule has 3 aromatic rings. The van der Waals surface area contributed by atoms with Gasteiger partial charge in [0, 0.05) is 27.0 Å². The SMILES string of the molecule is Clc1cc(Cl)c2c(c1)[C@@H]1CC(c3ccccc3)=NN1[C@H](c1ccccc1Br)O2. The lowest BCUT2D eigenvalue weighted by Gasteiger charge is -2.39. The Morgan fingerprint density at radius 2 is 1.71 bits per heavy atom. The summed E-state index contributed by atoms with van der Waals surface area (Å²) in [6.07, 6.45) is 0.380. The number of hydrogen-bond acceptors (Lipinski definition) is 3. The maximum atomic E-state index is 6.51. The van der Waals surface area contributed by atoms with Crippen molar-refractivity contribution in [3.05, 3.63) is 97.9 Å². The van der Waals surface area contributed by atoms with E-state index in [0.717, 1.165) is 33.3 Å². The van der Waals surface area contributed by atoms with Crippen LogP contribution in [0.5, 0.6) is 5.75 Å². The number of ether oxygens (including phenoxy) is 1. The Balaban J connectivity index is 1.66. The molecular weight excluding hydrogens is 459 g/mol. The zero-order chi connectivity index (χ0) is 19.3. The fourth-order valence-corrected chi connectivity index (χ4v) is 4.83. The van der Waals surface area contributed by atoms with Crippen LogP contribution >= 0.6 is 39.1 Å². The Hall–Kier alpha value is -2.01. The largest absolute Gasteiger partial charge is 0.463 e. The number of benzene rings is 3. The van der Waals surface area contributed by atoms with Crippen LogP contribution in [-0.4, -0.2) is 10.7 Å². The van der Waals surface area contributed by atoms with Crippen LogP contribution in [0.2, 0.25) is 10.0 Å². The van der Waals surface area contributed by atoms with Crippen molar-refractivity contribution in [3.8, 4) is 5.75 Å². The molecule has 0 bridgehead atoms. The zero-order valence-electron chi connectivity index (χ0n) is 14.6. The van der Waals surface area contributed by atoms with Gasteiger partial charge in [0.2, 0.25) is 6.23 Å². The molecule has 0 fully saturated rings. The number of hydrogen-bond donors (Lipinski definition) is 0. The molecule has 0 spiro atoms. The van der Waals surface area contributed by atoms with Gasteiger partial charge >= 0.3 is 0 Å². The normalized spacial score (nSPS) is 20.2. The second-order valence-electron chi connectivity index (χ2n) is 6.81. The average molecular weight is 474 g/mol. The smallest absolute Gasteiger partial charge is 0.215 e. The Morgan fingerprint density at radius 1 is 0.964 bits per heavy atom. The van der Waals surface area contributed by atoms with Gasteiger partial charge in [-0.25, -0.2) is 5.01 Å². The van der Waals surface area contributed by atoms with Crippen molar-refractivity contribution in [2.75, 3.05) is 0 Å². The third kappa shape index (κ3) is 3.00. The van der Waals surface area contributed by atoms with E-state index < -0.39 is 0 Å². The minimum Gasteiger partial charge on any atom is -0.463 e. The van der Waals surface area contributed by atoms with Crippen LogP contribution in [0, 0.1) is 0 Å². The lowest BCUT2D eigenvalue weighted by Crippen LogP contribution is -2.34. The van der Waals surface area contributed by atoms with E-state index >= 15 is 0 Å².